The zero-order valence-electron chi connectivity index (χ0n) is 44.6. The Morgan fingerprint density at radius 3 is 1.93 bits per heavy atom. The summed E-state index contributed by atoms with van der Waals surface area (Å²) in [4.78, 5) is 61.9. The first kappa shape index (κ1) is 61.4. The molecule has 7 rings (SSSR count). The SMILES string of the molecule is COC(=O)N[C@H](C(=O)N[C@@H](Cc1ccc(C#Cc2ccc(N3CC4CCC(C3)N4C3COC3)nc2C)cc1)[C@@H](O)CN(Cc1c(F)cc(-c2ccn(C(F)F)n2)cc1F)NC(=O)[C@@H](NC(=O)O)C(C)(C)C(F)(F)F)C(C)(C)C(F)(F)F. The number of alkyl halides is 8. The van der Waals surface area contributed by atoms with Crippen molar-refractivity contribution in [3.8, 4) is 23.1 Å². The summed E-state index contributed by atoms with van der Waals surface area (Å²) < 4.78 is 156. The number of carboxylic acid groups (broad SMARTS) is 1. The van der Waals surface area contributed by atoms with Gasteiger partial charge in [-0.05, 0) is 102 Å². The van der Waals surface area contributed by atoms with E-state index in [1.165, 1.54) is 17.4 Å². The molecule has 5 heterocycles. The summed E-state index contributed by atoms with van der Waals surface area (Å²) in [5.74, 6) is 0.734. The molecule has 2 unspecified atom stereocenters. The molecular formula is C53H60F10N10O8. The number of ether oxygens (including phenoxy) is 2. The summed E-state index contributed by atoms with van der Waals surface area (Å²) in [5, 5.41) is 31.2. The number of pyridine rings is 1. The molecule has 4 amide bonds. The van der Waals surface area contributed by atoms with Gasteiger partial charge in [0.15, 0.2) is 0 Å². The number of aryl methyl sites for hydroxylation is 1. The molecule has 0 spiro atoms. The number of amides is 4. The third kappa shape index (κ3) is 14.1. The number of aliphatic hydroxyl groups excluding tert-OH is 1. The largest absolute Gasteiger partial charge is 0.465 e. The minimum atomic E-state index is -5.29. The van der Waals surface area contributed by atoms with E-state index in [9.17, 15) is 64.5 Å². The van der Waals surface area contributed by atoms with Crippen molar-refractivity contribution in [3.05, 3.63) is 100 Å². The van der Waals surface area contributed by atoms with Crippen molar-refractivity contribution in [3.63, 3.8) is 0 Å². The van der Waals surface area contributed by atoms with Crippen molar-refractivity contribution in [1.29, 1.82) is 0 Å². The maximum Gasteiger partial charge on any atom is 0.407 e. The molecule has 2 aromatic heterocycles. The lowest BCUT2D eigenvalue weighted by atomic mass is 9.82. The molecule has 2 bridgehead atoms. The number of methoxy groups -OCH3 is 1. The lowest BCUT2D eigenvalue weighted by molar-refractivity contribution is -0.221. The van der Waals surface area contributed by atoms with Crippen LogP contribution in [0.25, 0.3) is 11.3 Å². The number of carbonyl (C=O) groups excluding carboxylic acids is 3. The van der Waals surface area contributed by atoms with E-state index in [-0.39, 0.29) is 21.5 Å². The quantitative estimate of drug-likeness (QED) is 0.0323. The molecule has 2 aromatic carbocycles. The maximum absolute atomic E-state index is 16.0. The number of nitrogens with zero attached hydrogens (tertiary/aromatic N) is 6. The fourth-order valence-electron chi connectivity index (χ4n) is 9.83. The molecule has 3 aliphatic heterocycles. The first-order valence-corrected chi connectivity index (χ1v) is 25.4. The highest BCUT2D eigenvalue weighted by Crippen LogP contribution is 2.42. The van der Waals surface area contributed by atoms with Crippen molar-refractivity contribution in [2.75, 3.05) is 44.9 Å². The van der Waals surface area contributed by atoms with Crippen LogP contribution in [-0.4, -0.2) is 154 Å². The highest BCUT2D eigenvalue weighted by Gasteiger charge is 2.57. The molecule has 6 N–H and O–H groups in total. The Balaban J connectivity index is 1.19. The normalized spacial score (nSPS) is 18.5. The van der Waals surface area contributed by atoms with Gasteiger partial charge < -0.3 is 40.5 Å². The minimum absolute atomic E-state index is 0.188. The van der Waals surface area contributed by atoms with Gasteiger partial charge in [-0.2, -0.15) is 40.2 Å². The van der Waals surface area contributed by atoms with Gasteiger partial charge in [-0.1, -0.05) is 24.0 Å². The summed E-state index contributed by atoms with van der Waals surface area (Å²) in [6, 6.07) is 6.41. The predicted molar refractivity (Wildman–Crippen MR) is 270 cm³/mol. The van der Waals surface area contributed by atoms with E-state index >= 15 is 8.78 Å². The topological polar surface area (TPSA) is 216 Å². The Morgan fingerprint density at radius 1 is 0.827 bits per heavy atom. The van der Waals surface area contributed by atoms with E-state index < -0.39 is 115 Å². The van der Waals surface area contributed by atoms with Crippen molar-refractivity contribution >= 4 is 29.8 Å². The average Bonchev–Trinajstić information content (AvgIpc) is 4.16. The molecule has 81 heavy (non-hydrogen) atoms. The van der Waals surface area contributed by atoms with E-state index in [1.54, 1.807) is 12.1 Å². The number of anilines is 1. The van der Waals surface area contributed by atoms with Crippen molar-refractivity contribution in [2.45, 2.75) is 122 Å². The zero-order valence-corrected chi connectivity index (χ0v) is 44.6. The number of piperazine rings is 1. The van der Waals surface area contributed by atoms with Gasteiger partial charge in [-0.15, -0.1) is 0 Å². The number of aliphatic hydroxyl groups is 1. The molecule has 3 aliphatic rings. The number of hydrogen-bond acceptors (Lipinski definition) is 12. The number of rotatable bonds is 19. The Labute approximate surface area is 458 Å². The van der Waals surface area contributed by atoms with Gasteiger partial charge in [0, 0.05) is 66.7 Å². The molecule has 3 saturated heterocycles. The van der Waals surface area contributed by atoms with E-state index in [0.29, 0.717) is 79.8 Å². The third-order valence-corrected chi connectivity index (χ3v) is 14.9. The number of alkyl carbamates (subject to hydrolysis) is 1. The summed E-state index contributed by atoms with van der Waals surface area (Å²) in [7, 11) is 0.813. The number of halogens is 10. The number of aromatic nitrogens is 3. The van der Waals surface area contributed by atoms with Crippen LogP contribution < -0.4 is 26.3 Å². The number of nitrogens with one attached hydrogen (secondary N) is 4. The van der Waals surface area contributed by atoms with Gasteiger partial charge in [0.2, 0.25) is 5.91 Å². The van der Waals surface area contributed by atoms with Crippen LogP contribution in [0.5, 0.6) is 0 Å². The number of hydrogen-bond donors (Lipinski definition) is 6. The lowest BCUT2D eigenvalue weighted by Gasteiger charge is -2.48. The van der Waals surface area contributed by atoms with Crippen LogP contribution in [0.4, 0.5) is 59.3 Å². The van der Waals surface area contributed by atoms with Crippen LogP contribution >= 0.6 is 0 Å². The summed E-state index contributed by atoms with van der Waals surface area (Å²) >= 11 is 0. The highest BCUT2D eigenvalue weighted by atomic mass is 19.4. The van der Waals surface area contributed by atoms with Crippen LogP contribution in [0.1, 0.15) is 75.0 Å². The van der Waals surface area contributed by atoms with Crippen LogP contribution in [0.15, 0.2) is 60.8 Å². The first-order chi connectivity index (χ1) is 37.9. The summed E-state index contributed by atoms with van der Waals surface area (Å²) in [5.41, 5.74) is -3.95. The molecule has 440 valence electrons. The van der Waals surface area contributed by atoms with E-state index in [0.717, 1.165) is 64.3 Å². The van der Waals surface area contributed by atoms with E-state index in [2.05, 4.69) is 36.8 Å². The molecule has 0 aliphatic carbocycles. The van der Waals surface area contributed by atoms with Crippen LogP contribution in [0, 0.1) is 41.2 Å². The van der Waals surface area contributed by atoms with Crippen molar-refractivity contribution in [2.24, 2.45) is 10.8 Å². The molecule has 3 fully saturated rings. The molecule has 0 saturated carbocycles. The van der Waals surface area contributed by atoms with Gasteiger partial charge in [0.05, 0.1) is 60.7 Å². The zero-order chi connectivity index (χ0) is 59.5. The smallest absolute Gasteiger partial charge is 0.407 e. The molecule has 28 heteroatoms. The van der Waals surface area contributed by atoms with Gasteiger partial charge in [-0.25, -0.2) is 33.0 Å². The standard InChI is InChI=1S/C53H60F10N10O8/c1-28-31(13-16-42(64-28)70-22-33-14-15-34(23-70)73(33)35-26-81-27-35)12-11-29-7-9-30(10-8-29)19-40(65-45(75)43(67-49(79)80-6)50(2,3)52(58,59)60)41(74)25-71(69-46(76)44(66-48(77)78)51(4,5)53(61,62)63)24-36-37(54)20-32(21-38(36)55)39-17-18-72(68-39)47(56)57/h7-10,13,16-18,20-21,33-35,40-41,43-44,47,66,74H,14-15,19,22-27H2,1-6H3,(H,65,75)(H,67,79)(H,69,76)(H,77,78)/t33?,34?,40-,41-,43+,44+/m0/s1. The third-order valence-electron chi connectivity index (χ3n) is 14.9. The molecule has 6 atom stereocenters. The van der Waals surface area contributed by atoms with Gasteiger partial charge in [0.1, 0.15) is 29.5 Å². The van der Waals surface area contributed by atoms with E-state index in [4.69, 9.17) is 9.72 Å². The second-order valence-corrected chi connectivity index (χ2v) is 21.2. The van der Waals surface area contributed by atoms with Crippen molar-refractivity contribution < 1.29 is 82.8 Å². The first-order valence-electron chi connectivity index (χ1n) is 25.4. The number of carbonyl (C=O) groups is 4. The number of fused-ring (bicyclic) bond motifs is 2. The summed E-state index contributed by atoms with van der Waals surface area (Å²) in [6.07, 6.45) is -13.7. The summed E-state index contributed by atoms with van der Waals surface area (Å²) in [6.45, 7) is 1.62. The fraction of sp³-hybridized carbons (Fsp3) is 0.509. The fourth-order valence-corrected chi connectivity index (χ4v) is 9.83. The Morgan fingerprint density at radius 2 is 1.42 bits per heavy atom. The van der Waals surface area contributed by atoms with Gasteiger partial charge in [-0.3, -0.25) is 19.9 Å². The molecule has 18 nitrogen and oxygen atoms in total. The van der Waals surface area contributed by atoms with Gasteiger partial charge in [0.25, 0.3) is 5.91 Å². The second-order valence-electron chi connectivity index (χ2n) is 21.2. The number of hydrazine groups is 1. The molecule has 0 radical (unpaired) electrons. The van der Waals surface area contributed by atoms with Crippen LogP contribution in [0.2, 0.25) is 0 Å². The molecular weight excluding hydrogens is 1090 g/mol. The second kappa shape index (κ2) is 24.5. The highest BCUT2D eigenvalue weighted by molar-refractivity contribution is 5.87. The van der Waals surface area contributed by atoms with Crippen molar-refractivity contribution in [1.82, 2.24) is 46.0 Å². The Kier molecular flexibility index (Phi) is 18.6. The lowest BCUT2D eigenvalue weighted by Crippen LogP contribution is -2.63. The number of benzene rings is 2. The molecule has 4 aromatic rings. The van der Waals surface area contributed by atoms with Gasteiger partial charge >= 0.3 is 31.1 Å². The Hall–Kier alpha value is -7.22. The minimum Gasteiger partial charge on any atom is -0.465 e. The predicted octanol–water partition coefficient (Wildman–Crippen LogP) is 6.84. The monoisotopic (exact) mass is 1150 g/mol. The van der Waals surface area contributed by atoms with E-state index in [1.807, 2.05) is 29.8 Å². The van der Waals surface area contributed by atoms with Crippen LogP contribution in [-0.2, 0) is 32.0 Å². The Bertz CT molecular complexity index is 2960. The average molecular weight is 1160 g/mol. The van der Waals surface area contributed by atoms with Crippen LogP contribution in [0.3, 0.4) is 0 Å². The maximum atomic E-state index is 16.0.